The summed E-state index contributed by atoms with van der Waals surface area (Å²) in [6.07, 6.45) is -3.25. The molecule has 6 nitrogen and oxygen atoms in total. The van der Waals surface area contributed by atoms with E-state index in [4.69, 9.17) is 9.47 Å². The first kappa shape index (κ1) is 21.3. The predicted octanol–water partition coefficient (Wildman–Crippen LogP) is 3.24. The van der Waals surface area contributed by atoms with Crippen LogP contribution in [0.1, 0.15) is 18.1 Å². The molecule has 0 radical (unpaired) electrons. The lowest BCUT2D eigenvalue weighted by molar-refractivity contribution is -0.139. The van der Waals surface area contributed by atoms with Crippen molar-refractivity contribution in [3.05, 3.63) is 53.7 Å². The molecule has 28 heavy (non-hydrogen) atoms. The minimum absolute atomic E-state index is 0.00699. The van der Waals surface area contributed by atoms with E-state index < -0.39 is 17.6 Å². The van der Waals surface area contributed by atoms with Crippen molar-refractivity contribution < 1.29 is 22.6 Å². The molecular formula is C19H23F3N4O2. The molecule has 0 saturated heterocycles. The number of alkyl halides is 3. The Labute approximate surface area is 161 Å². The van der Waals surface area contributed by atoms with E-state index in [1.54, 1.807) is 7.11 Å². The van der Waals surface area contributed by atoms with Gasteiger partial charge >= 0.3 is 6.18 Å². The van der Waals surface area contributed by atoms with Crippen molar-refractivity contribution in [3.63, 3.8) is 0 Å². The highest BCUT2D eigenvalue weighted by Crippen LogP contribution is 2.34. The Balaban J connectivity index is 1.88. The number of methoxy groups -OCH3 is 1. The molecule has 0 aliphatic carbocycles. The van der Waals surface area contributed by atoms with Gasteiger partial charge in [-0.3, -0.25) is 0 Å². The van der Waals surface area contributed by atoms with Crippen molar-refractivity contribution in [1.29, 1.82) is 0 Å². The minimum atomic E-state index is -4.51. The van der Waals surface area contributed by atoms with Crippen LogP contribution in [-0.2, 0) is 12.7 Å². The molecule has 0 fully saturated rings. The van der Waals surface area contributed by atoms with Crippen molar-refractivity contribution in [2.24, 2.45) is 4.99 Å². The van der Waals surface area contributed by atoms with E-state index in [0.29, 0.717) is 19.0 Å². The highest BCUT2D eigenvalue weighted by Gasteiger charge is 2.34. The summed E-state index contributed by atoms with van der Waals surface area (Å²) in [5.41, 5.74) is 0.104. The van der Waals surface area contributed by atoms with E-state index in [2.05, 4.69) is 20.6 Å². The first-order chi connectivity index (χ1) is 13.4. The standard InChI is InChI=1S/C19H23F3N4O2/c1-3-23-18(26-13-14-6-8-15(27-2)9-7-14)25-11-12-28-17-16(19(20,21)22)5-4-10-24-17/h4-10H,3,11-13H2,1-2H3,(H2,23,25,26). The quantitative estimate of drug-likeness (QED) is 0.407. The summed E-state index contributed by atoms with van der Waals surface area (Å²) in [5.74, 6) is 0.874. The fourth-order valence-corrected chi connectivity index (χ4v) is 2.28. The average Bonchev–Trinajstić information content (AvgIpc) is 2.69. The van der Waals surface area contributed by atoms with E-state index >= 15 is 0 Å². The molecule has 0 amide bonds. The number of guanidine groups is 1. The van der Waals surface area contributed by atoms with Gasteiger partial charge in [0.15, 0.2) is 5.96 Å². The number of hydrogen-bond acceptors (Lipinski definition) is 4. The molecule has 2 rings (SSSR count). The summed E-state index contributed by atoms with van der Waals surface area (Å²) >= 11 is 0. The zero-order valence-corrected chi connectivity index (χ0v) is 15.7. The Kier molecular flexibility index (Phi) is 7.91. The third kappa shape index (κ3) is 6.64. The fraction of sp³-hybridized carbons (Fsp3) is 0.368. The molecule has 1 aromatic carbocycles. The topological polar surface area (TPSA) is 67.8 Å². The lowest BCUT2D eigenvalue weighted by Gasteiger charge is -2.14. The number of benzene rings is 1. The summed E-state index contributed by atoms with van der Waals surface area (Å²) in [5, 5.41) is 6.09. The van der Waals surface area contributed by atoms with Gasteiger partial charge in [-0.25, -0.2) is 9.98 Å². The molecule has 0 unspecified atom stereocenters. The van der Waals surface area contributed by atoms with Crippen LogP contribution >= 0.6 is 0 Å². The number of aromatic nitrogens is 1. The van der Waals surface area contributed by atoms with Gasteiger partial charge in [-0.15, -0.1) is 0 Å². The Hall–Kier alpha value is -2.97. The molecule has 1 aromatic heterocycles. The number of pyridine rings is 1. The Morgan fingerprint density at radius 2 is 1.89 bits per heavy atom. The lowest BCUT2D eigenvalue weighted by Crippen LogP contribution is -2.39. The largest absolute Gasteiger partial charge is 0.497 e. The molecule has 1 heterocycles. The SMILES string of the molecule is CCNC(=NCc1ccc(OC)cc1)NCCOc1ncccc1C(F)(F)F. The maximum atomic E-state index is 12.9. The summed E-state index contributed by atoms with van der Waals surface area (Å²) in [7, 11) is 1.60. The number of rotatable bonds is 8. The second kappa shape index (κ2) is 10.4. The lowest BCUT2D eigenvalue weighted by atomic mass is 10.2. The Bertz CT molecular complexity index is 765. The third-order valence-electron chi connectivity index (χ3n) is 3.63. The van der Waals surface area contributed by atoms with Crippen LogP contribution in [0.5, 0.6) is 11.6 Å². The van der Waals surface area contributed by atoms with E-state index in [1.807, 2.05) is 31.2 Å². The van der Waals surface area contributed by atoms with Crippen molar-refractivity contribution in [2.75, 3.05) is 26.8 Å². The normalized spacial score (nSPS) is 11.8. The number of nitrogens with one attached hydrogen (secondary N) is 2. The van der Waals surface area contributed by atoms with Gasteiger partial charge < -0.3 is 20.1 Å². The Morgan fingerprint density at radius 1 is 1.14 bits per heavy atom. The first-order valence-corrected chi connectivity index (χ1v) is 8.74. The van der Waals surface area contributed by atoms with Crippen molar-refractivity contribution in [1.82, 2.24) is 15.6 Å². The zero-order valence-electron chi connectivity index (χ0n) is 15.7. The van der Waals surface area contributed by atoms with Crippen LogP contribution in [0, 0.1) is 0 Å². The van der Waals surface area contributed by atoms with Gasteiger partial charge in [0.25, 0.3) is 0 Å². The van der Waals surface area contributed by atoms with E-state index in [0.717, 1.165) is 17.4 Å². The highest BCUT2D eigenvalue weighted by molar-refractivity contribution is 5.79. The third-order valence-corrected chi connectivity index (χ3v) is 3.63. The molecule has 0 bridgehead atoms. The number of hydrogen-bond donors (Lipinski definition) is 2. The molecule has 152 valence electrons. The molecule has 2 N–H and O–H groups in total. The van der Waals surface area contributed by atoms with Crippen LogP contribution < -0.4 is 20.1 Å². The molecule has 0 aliphatic rings. The number of ether oxygens (including phenoxy) is 2. The van der Waals surface area contributed by atoms with E-state index in [1.165, 1.54) is 12.3 Å². The second-order valence-electron chi connectivity index (χ2n) is 5.67. The van der Waals surface area contributed by atoms with E-state index in [9.17, 15) is 13.2 Å². The van der Waals surface area contributed by atoms with Gasteiger partial charge in [-0.05, 0) is 36.8 Å². The van der Waals surface area contributed by atoms with Gasteiger partial charge in [-0.2, -0.15) is 13.2 Å². The maximum Gasteiger partial charge on any atom is 0.421 e. The molecule has 0 spiro atoms. The number of nitrogens with zero attached hydrogens (tertiary/aromatic N) is 2. The second-order valence-corrected chi connectivity index (χ2v) is 5.67. The Morgan fingerprint density at radius 3 is 2.54 bits per heavy atom. The van der Waals surface area contributed by atoms with Gasteiger partial charge in [0.2, 0.25) is 5.88 Å². The number of halogens is 3. The summed E-state index contributed by atoms with van der Waals surface area (Å²) in [4.78, 5) is 8.11. The zero-order chi connectivity index (χ0) is 20.4. The molecule has 0 atom stereocenters. The highest BCUT2D eigenvalue weighted by atomic mass is 19.4. The molecule has 0 aliphatic heterocycles. The van der Waals surface area contributed by atoms with E-state index in [-0.39, 0.29) is 13.2 Å². The summed E-state index contributed by atoms with van der Waals surface area (Å²) in [6, 6.07) is 9.69. The van der Waals surface area contributed by atoms with Gasteiger partial charge in [0.1, 0.15) is 17.9 Å². The molecule has 0 saturated carbocycles. The van der Waals surface area contributed by atoms with Gasteiger partial charge in [0.05, 0.1) is 20.2 Å². The molecule has 9 heteroatoms. The average molecular weight is 396 g/mol. The number of aliphatic imine (C=N–C) groups is 1. The van der Waals surface area contributed by atoms with Gasteiger partial charge in [-0.1, -0.05) is 12.1 Å². The molecular weight excluding hydrogens is 373 g/mol. The van der Waals surface area contributed by atoms with Crippen LogP contribution in [0.2, 0.25) is 0 Å². The van der Waals surface area contributed by atoms with Crippen molar-refractivity contribution in [3.8, 4) is 11.6 Å². The van der Waals surface area contributed by atoms with Crippen LogP contribution in [0.4, 0.5) is 13.2 Å². The fourth-order valence-electron chi connectivity index (χ4n) is 2.28. The van der Waals surface area contributed by atoms with Crippen LogP contribution in [0.25, 0.3) is 0 Å². The molecule has 2 aromatic rings. The first-order valence-electron chi connectivity index (χ1n) is 8.74. The van der Waals surface area contributed by atoms with Crippen LogP contribution in [-0.4, -0.2) is 37.7 Å². The minimum Gasteiger partial charge on any atom is -0.497 e. The van der Waals surface area contributed by atoms with Crippen LogP contribution in [0.15, 0.2) is 47.6 Å². The summed E-state index contributed by atoms with van der Waals surface area (Å²) in [6.45, 7) is 3.28. The van der Waals surface area contributed by atoms with Gasteiger partial charge in [0, 0.05) is 12.7 Å². The summed E-state index contributed by atoms with van der Waals surface area (Å²) < 4.78 is 49.1. The predicted molar refractivity (Wildman–Crippen MR) is 101 cm³/mol. The van der Waals surface area contributed by atoms with Crippen LogP contribution in [0.3, 0.4) is 0 Å². The monoisotopic (exact) mass is 396 g/mol. The maximum absolute atomic E-state index is 12.9. The smallest absolute Gasteiger partial charge is 0.421 e. The van der Waals surface area contributed by atoms with Crippen molar-refractivity contribution >= 4 is 5.96 Å². The van der Waals surface area contributed by atoms with Crippen molar-refractivity contribution in [2.45, 2.75) is 19.6 Å².